The Hall–Kier alpha value is -4.49. The largest absolute Gasteiger partial charge is 0.352 e. The zero-order chi connectivity index (χ0) is 27.6. The first-order valence-electron chi connectivity index (χ1n) is 13.5. The van der Waals surface area contributed by atoms with E-state index in [9.17, 15) is 4.79 Å². The number of pyridine rings is 1. The van der Waals surface area contributed by atoms with E-state index in [1.807, 2.05) is 60.7 Å². The zero-order valence-corrected chi connectivity index (χ0v) is 23.4. The Morgan fingerprint density at radius 3 is 2.60 bits per heavy atom. The van der Waals surface area contributed by atoms with Crippen LogP contribution in [0.2, 0.25) is 0 Å². The third kappa shape index (κ3) is 4.96. The number of nitrogens with zero attached hydrogens (tertiary/aromatic N) is 3. The maximum atomic E-state index is 13.2. The molecule has 0 aliphatic carbocycles. The summed E-state index contributed by atoms with van der Waals surface area (Å²) in [5, 5.41) is 9.36. The molecule has 1 aliphatic heterocycles. The third-order valence-electron chi connectivity index (χ3n) is 7.69. The molecule has 0 bridgehead atoms. The van der Waals surface area contributed by atoms with Crippen LogP contribution in [-0.4, -0.2) is 32.0 Å². The molecule has 0 spiro atoms. The van der Waals surface area contributed by atoms with E-state index in [0.29, 0.717) is 18.1 Å². The van der Waals surface area contributed by atoms with Crippen LogP contribution in [0.1, 0.15) is 41.0 Å². The molecule has 6 nitrogen and oxygen atoms in total. The molecule has 7 heteroatoms. The molecule has 1 fully saturated rings. The van der Waals surface area contributed by atoms with Crippen molar-refractivity contribution >= 4 is 39.7 Å². The van der Waals surface area contributed by atoms with Crippen LogP contribution in [0, 0.1) is 13.8 Å². The van der Waals surface area contributed by atoms with E-state index in [-0.39, 0.29) is 18.0 Å². The zero-order valence-electron chi connectivity index (χ0n) is 22.5. The highest BCUT2D eigenvalue weighted by Crippen LogP contribution is 2.39. The molecule has 0 saturated carbocycles. The number of benzene rings is 3. The molecule has 1 aliphatic rings. The fourth-order valence-electron chi connectivity index (χ4n) is 5.48. The van der Waals surface area contributed by atoms with Crippen molar-refractivity contribution in [3.8, 4) is 5.69 Å². The SMILES string of the molecule is Cc1ccc(-n2cccc2[C@H]2[C@@H](c3ccccn3)NC(=S)N2CCC(=O)Nc2cccc3ccccc23)cc1C. The Bertz CT molecular complexity index is 1690. The van der Waals surface area contributed by atoms with Crippen molar-refractivity contribution in [2.75, 3.05) is 11.9 Å². The van der Waals surface area contributed by atoms with Crippen LogP contribution in [-0.2, 0) is 4.79 Å². The Morgan fingerprint density at radius 2 is 1.77 bits per heavy atom. The molecule has 2 aromatic heterocycles. The van der Waals surface area contributed by atoms with Crippen LogP contribution < -0.4 is 10.6 Å². The van der Waals surface area contributed by atoms with E-state index < -0.39 is 0 Å². The molecule has 0 unspecified atom stereocenters. The number of amides is 1. The van der Waals surface area contributed by atoms with Crippen molar-refractivity contribution in [3.05, 3.63) is 126 Å². The topological polar surface area (TPSA) is 62.2 Å². The average Bonchev–Trinajstić information content (AvgIpc) is 3.58. The number of carbonyl (C=O) groups is 1. The lowest BCUT2D eigenvalue weighted by molar-refractivity contribution is -0.116. The second-order valence-corrected chi connectivity index (χ2v) is 10.6. The number of fused-ring (bicyclic) bond motifs is 1. The van der Waals surface area contributed by atoms with E-state index in [2.05, 4.69) is 75.5 Å². The van der Waals surface area contributed by atoms with Gasteiger partial charge in [-0.3, -0.25) is 9.78 Å². The molecule has 5 aromatic rings. The predicted molar refractivity (Wildman–Crippen MR) is 165 cm³/mol. The summed E-state index contributed by atoms with van der Waals surface area (Å²) in [6.45, 7) is 4.72. The van der Waals surface area contributed by atoms with Crippen molar-refractivity contribution in [1.29, 1.82) is 0 Å². The Balaban J connectivity index is 1.30. The van der Waals surface area contributed by atoms with Crippen LogP contribution >= 0.6 is 12.2 Å². The summed E-state index contributed by atoms with van der Waals surface area (Å²) in [5.41, 5.74) is 6.39. The highest BCUT2D eigenvalue weighted by atomic mass is 32.1. The second-order valence-electron chi connectivity index (χ2n) is 10.2. The number of aryl methyl sites for hydroxylation is 2. The van der Waals surface area contributed by atoms with E-state index >= 15 is 0 Å². The maximum Gasteiger partial charge on any atom is 0.226 e. The lowest BCUT2D eigenvalue weighted by Gasteiger charge is -2.29. The van der Waals surface area contributed by atoms with Crippen LogP contribution in [0.4, 0.5) is 5.69 Å². The number of aromatic nitrogens is 2. The molecule has 1 amide bonds. The van der Waals surface area contributed by atoms with Gasteiger partial charge in [0.15, 0.2) is 5.11 Å². The van der Waals surface area contributed by atoms with Gasteiger partial charge in [0.2, 0.25) is 5.91 Å². The molecule has 3 aromatic carbocycles. The van der Waals surface area contributed by atoms with E-state index in [1.54, 1.807) is 6.20 Å². The van der Waals surface area contributed by atoms with Crippen LogP contribution in [0.15, 0.2) is 103 Å². The van der Waals surface area contributed by atoms with Gasteiger partial charge < -0.3 is 20.1 Å². The number of hydrogen-bond acceptors (Lipinski definition) is 3. The summed E-state index contributed by atoms with van der Waals surface area (Å²) in [7, 11) is 0. The maximum absolute atomic E-state index is 13.2. The van der Waals surface area contributed by atoms with E-state index in [1.165, 1.54) is 11.1 Å². The predicted octanol–water partition coefficient (Wildman–Crippen LogP) is 6.64. The lowest BCUT2D eigenvalue weighted by Crippen LogP contribution is -2.33. The van der Waals surface area contributed by atoms with Gasteiger partial charge in [-0.2, -0.15) is 0 Å². The molecular weight excluding hydrogens is 514 g/mol. The number of thiocarbonyl (C=S) groups is 1. The minimum Gasteiger partial charge on any atom is -0.352 e. The quantitative estimate of drug-likeness (QED) is 0.225. The number of anilines is 1. The Labute approximate surface area is 239 Å². The summed E-state index contributed by atoms with van der Waals surface area (Å²) in [5.74, 6) is -0.0521. The molecule has 2 atom stereocenters. The highest BCUT2D eigenvalue weighted by molar-refractivity contribution is 7.80. The summed E-state index contributed by atoms with van der Waals surface area (Å²) >= 11 is 5.86. The molecule has 3 heterocycles. The van der Waals surface area contributed by atoms with Gasteiger partial charge in [-0.25, -0.2) is 0 Å². The monoisotopic (exact) mass is 545 g/mol. The average molecular weight is 546 g/mol. The number of hydrogen-bond donors (Lipinski definition) is 2. The van der Waals surface area contributed by atoms with Crippen molar-refractivity contribution in [2.45, 2.75) is 32.4 Å². The number of nitrogens with one attached hydrogen (secondary N) is 2. The van der Waals surface area contributed by atoms with Gasteiger partial charge in [0.1, 0.15) is 0 Å². The van der Waals surface area contributed by atoms with Gasteiger partial charge >= 0.3 is 0 Å². The third-order valence-corrected chi connectivity index (χ3v) is 8.05. The van der Waals surface area contributed by atoms with Crippen molar-refractivity contribution in [2.24, 2.45) is 0 Å². The molecule has 200 valence electrons. The lowest BCUT2D eigenvalue weighted by atomic mass is 10.0. The van der Waals surface area contributed by atoms with Gasteiger partial charge in [-0.05, 0) is 85.0 Å². The summed E-state index contributed by atoms with van der Waals surface area (Å²) < 4.78 is 2.21. The van der Waals surface area contributed by atoms with Crippen LogP contribution in [0.25, 0.3) is 16.5 Å². The first kappa shape index (κ1) is 25.8. The summed E-state index contributed by atoms with van der Waals surface area (Å²) in [6.07, 6.45) is 4.18. The van der Waals surface area contributed by atoms with Crippen molar-refractivity contribution in [3.63, 3.8) is 0 Å². The first-order valence-corrected chi connectivity index (χ1v) is 13.9. The molecule has 0 radical (unpaired) electrons. The Kier molecular flexibility index (Phi) is 7.05. The number of rotatable bonds is 7. The van der Waals surface area contributed by atoms with Crippen LogP contribution in [0.3, 0.4) is 0 Å². The molecule has 40 heavy (non-hydrogen) atoms. The molecular formula is C33H31N5OS. The Morgan fingerprint density at radius 1 is 0.950 bits per heavy atom. The minimum absolute atomic E-state index is 0.0521. The van der Waals surface area contributed by atoms with E-state index in [0.717, 1.165) is 33.5 Å². The second kappa shape index (κ2) is 10.9. The van der Waals surface area contributed by atoms with Gasteiger partial charge in [0, 0.05) is 47.8 Å². The van der Waals surface area contributed by atoms with Gasteiger partial charge in [0.05, 0.1) is 17.8 Å². The van der Waals surface area contributed by atoms with Gasteiger partial charge in [-0.15, -0.1) is 0 Å². The van der Waals surface area contributed by atoms with Crippen molar-refractivity contribution < 1.29 is 4.79 Å². The van der Waals surface area contributed by atoms with Crippen molar-refractivity contribution in [1.82, 2.24) is 19.8 Å². The first-order chi connectivity index (χ1) is 19.5. The van der Waals surface area contributed by atoms with E-state index in [4.69, 9.17) is 12.2 Å². The fraction of sp³-hybridized carbons (Fsp3) is 0.182. The standard InChI is InChI=1S/C33H31N5OS/c1-22-15-16-25(21-23(22)2)37-19-8-14-29(37)32-31(28-12-5-6-18-34-28)36-33(40)38(32)20-17-30(39)35-27-13-7-10-24-9-3-4-11-26(24)27/h3-16,18-19,21,31-32H,17,20H2,1-2H3,(H,35,39)(H,36,40)/t31-,32+/m1/s1. The summed E-state index contributed by atoms with van der Waals surface area (Å²) in [6, 6.07) is 30.3. The fourth-order valence-corrected chi connectivity index (χ4v) is 5.81. The smallest absolute Gasteiger partial charge is 0.226 e. The highest BCUT2D eigenvalue weighted by Gasteiger charge is 2.41. The van der Waals surface area contributed by atoms with Gasteiger partial charge in [0.25, 0.3) is 0 Å². The van der Waals surface area contributed by atoms with Crippen LogP contribution in [0.5, 0.6) is 0 Å². The molecule has 1 saturated heterocycles. The van der Waals surface area contributed by atoms with Gasteiger partial charge in [-0.1, -0.05) is 48.5 Å². The molecule has 2 N–H and O–H groups in total. The normalized spacial score (nSPS) is 16.8. The minimum atomic E-state index is -0.157. The molecule has 6 rings (SSSR count). The number of carbonyl (C=O) groups excluding carboxylic acids is 1. The summed E-state index contributed by atoms with van der Waals surface area (Å²) in [4.78, 5) is 20.0.